The number of carbonyl (C=O) groups excluding carboxylic acids is 1. The summed E-state index contributed by atoms with van der Waals surface area (Å²) in [5, 5.41) is 0.506. The van der Waals surface area contributed by atoms with Crippen LogP contribution in [0.3, 0.4) is 0 Å². The lowest BCUT2D eigenvalue weighted by Crippen LogP contribution is -2.38. The van der Waals surface area contributed by atoms with E-state index in [0.29, 0.717) is 5.56 Å². The normalized spacial score (nSPS) is 16.5. The van der Waals surface area contributed by atoms with Gasteiger partial charge in [-0.3, -0.25) is 4.79 Å². The Kier molecular flexibility index (Phi) is 9.17. The molecule has 1 atom stereocenters. The molecular formula is C15H21Cl3N2O3. The Balaban J connectivity index is 0.00000264. The molecule has 23 heavy (non-hydrogen) atoms. The third-order valence-electron chi connectivity index (χ3n) is 3.57. The summed E-state index contributed by atoms with van der Waals surface area (Å²) in [6.45, 7) is 0.235. The van der Waals surface area contributed by atoms with Crippen molar-refractivity contribution < 1.29 is 14.3 Å². The molecule has 0 bridgehead atoms. The average molecular weight is 384 g/mol. The van der Waals surface area contributed by atoms with Crippen LogP contribution < -0.4 is 5.73 Å². The SMILES string of the molecule is Cl.N[C@@H](COC1CCCCC1)C(=O)OCc1cc(Cl)nc(Cl)c1. The number of esters is 1. The molecule has 0 aliphatic heterocycles. The van der Waals surface area contributed by atoms with E-state index in [1.807, 2.05) is 0 Å². The van der Waals surface area contributed by atoms with Crippen molar-refractivity contribution in [1.82, 2.24) is 4.98 Å². The van der Waals surface area contributed by atoms with Gasteiger partial charge in [0.25, 0.3) is 0 Å². The molecule has 2 rings (SSSR count). The Morgan fingerprint density at radius 2 is 1.87 bits per heavy atom. The highest BCUT2D eigenvalue weighted by Crippen LogP contribution is 2.20. The van der Waals surface area contributed by atoms with Gasteiger partial charge in [0.15, 0.2) is 0 Å². The largest absolute Gasteiger partial charge is 0.460 e. The Hall–Kier alpha value is -0.590. The Morgan fingerprint density at radius 3 is 2.48 bits per heavy atom. The summed E-state index contributed by atoms with van der Waals surface area (Å²) in [6, 6.07) is 2.39. The molecule has 130 valence electrons. The van der Waals surface area contributed by atoms with Gasteiger partial charge >= 0.3 is 5.97 Å². The van der Waals surface area contributed by atoms with Gasteiger partial charge in [0.1, 0.15) is 23.0 Å². The maximum atomic E-state index is 11.9. The van der Waals surface area contributed by atoms with Crippen LogP contribution in [0.15, 0.2) is 12.1 Å². The topological polar surface area (TPSA) is 74.4 Å². The molecule has 5 nitrogen and oxygen atoms in total. The minimum absolute atomic E-state index is 0. The summed E-state index contributed by atoms with van der Waals surface area (Å²) in [4.78, 5) is 15.7. The minimum atomic E-state index is -0.783. The van der Waals surface area contributed by atoms with E-state index in [1.54, 1.807) is 12.1 Å². The predicted octanol–water partition coefficient (Wildman–Crippen LogP) is 3.53. The zero-order chi connectivity index (χ0) is 15.9. The lowest BCUT2D eigenvalue weighted by Gasteiger charge is -2.23. The van der Waals surface area contributed by atoms with E-state index in [-0.39, 0.29) is 42.0 Å². The second-order valence-electron chi connectivity index (χ2n) is 5.43. The third kappa shape index (κ3) is 7.23. The quantitative estimate of drug-likeness (QED) is 0.601. The molecule has 2 N–H and O–H groups in total. The highest BCUT2D eigenvalue weighted by molar-refractivity contribution is 6.32. The van der Waals surface area contributed by atoms with Crippen LogP contribution in [-0.4, -0.2) is 29.7 Å². The molecule has 1 aromatic heterocycles. The molecule has 0 radical (unpaired) electrons. The lowest BCUT2D eigenvalue weighted by atomic mass is 9.98. The molecule has 0 unspecified atom stereocenters. The highest BCUT2D eigenvalue weighted by Gasteiger charge is 2.20. The minimum Gasteiger partial charge on any atom is -0.460 e. The van der Waals surface area contributed by atoms with E-state index in [4.69, 9.17) is 38.4 Å². The number of aromatic nitrogens is 1. The predicted molar refractivity (Wildman–Crippen MR) is 92.1 cm³/mol. The van der Waals surface area contributed by atoms with Crippen LogP contribution in [-0.2, 0) is 20.9 Å². The molecule has 1 aliphatic carbocycles. The maximum absolute atomic E-state index is 11.9. The molecule has 0 saturated heterocycles. The number of carbonyl (C=O) groups is 1. The van der Waals surface area contributed by atoms with Crippen LogP contribution in [0, 0.1) is 0 Å². The van der Waals surface area contributed by atoms with Crippen LogP contribution in [0.2, 0.25) is 10.3 Å². The number of rotatable bonds is 6. The zero-order valence-electron chi connectivity index (χ0n) is 12.7. The van der Waals surface area contributed by atoms with Gasteiger partial charge in [0.05, 0.1) is 12.7 Å². The number of hydrogen-bond donors (Lipinski definition) is 1. The van der Waals surface area contributed by atoms with Crippen molar-refractivity contribution in [3.63, 3.8) is 0 Å². The number of ether oxygens (including phenoxy) is 2. The zero-order valence-corrected chi connectivity index (χ0v) is 15.0. The third-order valence-corrected chi connectivity index (χ3v) is 3.96. The Morgan fingerprint density at radius 1 is 1.26 bits per heavy atom. The van der Waals surface area contributed by atoms with Gasteiger partial charge in [-0.15, -0.1) is 12.4 Å². The van der Waals surface area contributed by atoms with E-state index >= 15 is 0 Å². The van der Waals surface area contributed by atoms with Gasteiger partial charge < -0.3 is 15.2 Å². The van der Waals surface area contributed by atoms with Gasteiger partial charge in [0.2, 0.25) is 0 Å². The summed E-state index contributed by atoms with van der Waals surface area (Å²) in [7, 11) is 0. The van der Waals surface area contributed by atoms with E-state index in [1.165, 1.54) is 19.3 Å². The van der Waals surface area contributed by atoms with Crippen LogP contribution >= 0.6 is 35.6 Å². The second kappa shape index (κ2) is 10.3. The maximum Gasteiger partial charge on any atom is 0.325 e. The molecular weight excluding hydrogens is 363 g/mol. The van der Waals surface area contributed by atoms with Gasteiger partial charge in [-0.05, 0) is 30.5 Å². The van der Waals surface area contributed by atoms with Crippen molar-refractivity contribution >= 4 is 41.6 Å². The standard InChI is InChI=1S/C15H20Cl2N2O3.ClH/c16-13-6-10(7-14(17)19-13)8-22-15(20)12(18)9-21-11-4-2-1-3-5-11;/h6-7,11-12H,1-5,8-9,18H2;1H/t12-;/m0./s1. The van der Waals surface area contributed by atoms with Gasteiger partial charge in [0, 0.05) is 0 Å². The number of nitrogens with zero attached hydrogens (tertiary/aromatic N) is 1. The summed E-state index contributed by atoms with van der Waals surface area (Å²) in [5.41, 5.74) is 6.46. The first-order valence-corrected chi connectivity index (χ1v) is 8.16. The first-order valence-electron chi connectivity index (χ1n) is 7.40. The molecule has 1 heterocycles. The summed E-state index contributed by atoms with van der Waals surface area (Å²) >= 11 is 11.6. The summed E-state index contributed by atoms with van der Waals surface area (Å²) in [6.07, 6.45) is 5.89. The fourth-order valence-electron chi connectivity index (χ4n) is 2.40. The fourth-order valence-corrected chi connectivity index (χ4v) is 2.90. The van der Waals surface area contributed by atoms with Gasteiger partial charge in [-0.2, -0.15) is 0 Å². The fraction of sp³-hybridized carbons (Fsp3) is 0.600. The lowest BCUT2D eigenvalue weighted by molar-refractivity contribution is -0.148. The highest BCUT2D eigenvalue weighted by atomic mass is 35.5. The molecule has 0 aromatic carbocycles. The van der Waals surface area contributed by atoms with Crippen LogP contribution in [0.4, 0.5) is 0 Å². The monoisotopic (exact) mass is 382 g/mol. The van der Waals surface area contributed by atoms with Gasteiger partial charge in [-0.25, -0.2) is 4.98 Å². The van der Waals surface area contributed by atoms with Crippen molar-refractivity contribution in [2.45, 2.75) is 50.9 Å². The Bertz CT molecular complexity index is 490. The molecule has 8 heteroatoms. The molecule has 1 aromatic rings. The van der Waals surface area contributed by atoms with Crippen molar-refractivity contribution in [3.8, 4) is 0 Å². The molecule has 1 saturated carbocycles. The number of hydrogen-bond acceptors (Lipinski definition) is 5. The number of halogens is 3. The molecule has 1 aliphatic rings. The van der Waals surface area contributed by atoms with E-state index < -0.39 is 12.0 Å². The van der Waals surface area contributed by atoms with Crippen molar-refractivity contribution in [3.05, 3.63) is 28.0 Å². The van der Waals surface area contributed by atoms with Crippen LogP contribution in [0.5, 0.6) is 0 Å². The van der Waals surface area contributed by atoms with Crippen LogP contribution in [0.25, 0.3) is 0 Å². The summed E-state index contributed by atoms with van der Waals surface area (Å²) in [5.74, 6) is -0.500. The smallest absolute Gasteiger partial charge is 0.325 e. The second-order valence-corrected chi connectivity index (χ2v) is 6.20. The molecule has 1 fully saturated rings. The average Bonchev–Trinajstić information content (AvgIpc) is 2.50. The molecule has 0 spiro atoms. The first kappa shape index (κ1) is 20.5. The number of nitrogens with two attached hydrogens (primary N) is 1. The van der Waals surface area contributed by atoms with Crippen molar-refractivity contribution in [2.24, 2.45) is 5.73 Å². The van der Waals surface area contributed by atoms with E-state index in [9.17, 15) is 4.79 Å². The number of pyridine rings is 1. The van der Waals surface area contributed by atoms with E-state index in [2.05, 4.69) is 4.98 Å². The van der Waals surface area contributed by atoms with Crippen molar-refractivity contribution in [1.29, 1.82) is 0 Å². The molecule has 0 amide bonds. The van der Waals surface area contributed by atoms with Crippen molar-refractivity contribution in [2.75, 3.05) is 6.61 Å². The van der Waals surface area contributed by atoms with Crippen LogP contribution in [0.1, 0.15) is 37.7 Å². The summed E-state index contributed by atoms with van der Waals surface area (Å²) < 4.78 is 10.8. The van der Waals surface area contributed by atoms with E-state index in [0.717, 1.165) is 12.8 Å². The Labute approximate surface area is 152 Å². The van der Waals surface area contributed by atoms with Gasteiger partial charge in [-0.1, -0.05) is 42.5 Å². The first-order chi connectivity index (χ1) is 10.5.